The van der Waals surface area contributed by atoms with Crippen LogP contribution in [0.25, 0.3) is 16.6 Å². The molecule has 10 heteroatoms. The lowest BCUT2D eigenvalue weighted by Gasteiger charge is -2.47. The van der Waals surface area contributed by atoms with Gasteiger partial charge in [-0.25, -0.2) is 14.5 Å². The highest BCUT2D eigenvalue weighted by Gasteiger charge is 2.41. The summed E-state index contributed by atoms with van der Waals surface area (Å²) in [6, 6.07) is 10.2. The lowest BCUT2D eigenvalue weighted by molar-refractivity contribution is -0.153. The number of carbonyl (C=O) groups is 1. The molecule has 0 unspecified atom stereocenters. The quantitative estimate of drug-likeness (QED) is 0.427. The Bertz CT molecular complexity index is 1480. The summed E-state index contributed by atoms with van der Waals surface area (Å²) in [5.41, 5.74) is 4.74. The number of nitrogens with zero attached hydrogens (tertiary/aromatic N) is 6. The van der Waals surface area contributed by atoms with Crippen molar-refractivity contribution in [3.05, 3.63) is 59.9 Å². The number of amides is 1. The van der Waals surface area contributed by atoms with Crippen LogP contribution in [0.4, 0.5) is 11.6 Å². The first-order valence-electron chi connectivity index (χ1n) is 12.9. The van der Waals surface area contributed by atoms with Crippen molar-refractivity contribution in [1.29, 1.82) is 0 Å². The van der Waals surface area contributed by atoms with Crippen molar-refractivity contribution in [3.63, 3.8) is 0 Å². The van der Waals surface area contributed by atoms with Gasteiger partial charge in [0.25, 0.3) is 0 Å². The van der Waals surface area contributed by atoms with E-state index in [2.05, 4.69) is 37.5 Å². The number of ether oxygens (including phenoxy) is 2. The summed E-state index contributed by atoms with van der Waals surface area (Å²) in [5, 5.41) is 7.93. The highest BCUT2D eigenvalue weighted by atomic mass is 16.5. The fourth-order valence-electron chi connectivity index (χ4n) is 5.66. The molecular weight excluding hydrogens is 482 g/mol. The van der Waals surface area contributed by atoms with Crippen molar-refractivity contribution in [1.82, 2.24) is 29.5 Å². The molecule has 0 aromatic carbocycles. The number of morpholine rings is 1. The SMILES string of the molecule is CC(=O)N1[C@@H]2COC[C@H]1C[C@@H](Oc1cnc(C)cc1-c1ccn3nc(Nc4cc(C)nc(C)n4)cc3c1)C2. The number of piperidine rings is 1. The van der Waals surface area contributed by atoms with Crippen molar-refractivity contribution in [2.75, 3.05) is 18.5 Å². The van der Waals surface area contributed by atoms with Crippen LogP contribution < -0.4 is 10.1 Å². The number of carbonyl (C=O) groups excluding carboxylic acids is 1. The molecule has 2 aliphatic heterocycles. The first kappa shape index (κ1) is 24.3. The molecule has 2 bridgehead atoms. The molecule has 6 rings (SSSR count). The summed E-state index contributed by atoms with van der Waals surface area (Å²) in [7, 11) is 0. The van der Waals surface area contributed by atoms with Crippen LogP contribution in [0.1, 0.15) is 37.0 Å². The predicted octanol–water partition coefficient (Wildman–Crippen LogP) is 4.01. The highest BCUT2D eigenvalue weighted by Crippen LogP contribution is 2.36. The molecule has 2 fully saturated rings. The van der Waals surface area contributed by atoms with Gasteiger partial charge in [-0.1, -0.05) is 0 Å². The molecule has 0 aliphatic carbocycles. The van der Waals surface area contributed by atoms with Crippen molar-refractivity contribution in [3.8, 4) is 16.9 Å². The summed E-state index contributed by atoms with van der Waals surface area (Å²) in [5.74, 6) is 2.97. The van der Waals surface area contributed by atoms with Crippen LogP contribution in [0.15, 0.2) is 42.7 Å². The Morgan fingerprint density at radius 1 is 1.03 bits per heavy atom. The van der Waals surface area contributed by atoms with Gasteiger partial charge >= 0.3 is 0 Å². The Labute approximate surface area is 221 Å². The maximum absolute atomic E-state index is 12.2. The van der Waals surface area contributed by atoms with E-state index in [0.717, 1.165) is 46.6 Å². The van der Waals surface area contributed by atoms with Crippen LogP contribution in [0.3, 0.4) is 0 Å². The van der Waals surface area contributed by atoms with E-state index in [0.29, 0.717) is 30.7 Å². The minimum Gasteiger partial charge on any atom is -0.488 e. The first-order valence-corrected chi connectivity index (χ1v) is 12.9. The second-order valence-corrected chi connectivity index (χ2v) is 10.2. The Morgan fingerprint density at radius 2 is 1.82 bits per heavy atom. The predicted molar refractivity (Wildman–Crippen MR) is 143 cm³/mol. The molecular formula is C28H31N7O3. The van der Waals surface area contributed by atoms with E-state index in [1.165, 1.54) is 0 Å². The second kappa shape index (κ2) is 9.68. The van der Waals surface area contributed by atoms with E-state index >= 15 is 0 Å². The number of pyridine rings is 2. The van der Waals surface area contributed by atoms with Gasteiger partial charge in [-0.15, -0.1) is 0 Å². The molecule has 2 aliphatic rings. The lowest BCUT2D eigenvalue weighted by Crippen LogP contribution is -2.60. The van der Waals surface area contributed by atoms with Gasteiger partial charge in [-0.2, -0.15) is 5.10 Å². The minimum atomic E-state index is -0.0120. The number of hydrogen-bond acceptors (Lipinski definition) is 8. The maximum Gasteiger partial charge on any atom is 0.220 e. The van der Waals surface area contributed by atoms with E-state index in [-0.39, 0.29) is 24.1 Å². The highest BCUT2D eigenvalue weighted by molar-refractivity contribution is 5.76. The molecule has 3 atom stereocenters. The zero-order valence-corrected chi connectivity index (χ0v) is 22.0. The molecule has 38 heavy (non-hydrogen) atoms. The summed E-state index contributed by atoms with van der Waals surface area (Å²) < 4.78 is 14.1. The van der Waals surface area contributed by atoms with E-state index in [1.807, 2.05) is 60.8 Å². The van der Waals surface area contributed by atoms with Gasteiger partial charge in [-0.3, -0.25) is 9.78 Å². The minimum absolute atomic E-state index is 0.0120. The first-order chi connectivity index (χ1) is 18.3. The number of hydrogen-bond donors (Lipinski definition) is 1. The number of aromatic nitrogens is 5. The topological polar surface area (TPSA) is 107 Å². The summed E-state index contributed by atoms with van der Waals surface area (Å²) in [6.07, 6.45) is 5.21. The monoisotopic (exact) mass is 513 g/mol. The van der Waals surface area contributed by atoms with Gasteiger partial charge in [0.15, 0.2) is 5.82 Å². The molecule has 10 nitrogen and oxygen atoms in total. The van der Waals surface area contributed by atoms with E-state index in [4.69, 9.17) is 9.47 Å². The molecule has 4 aromatic heterocycles. The average Bonchev–Trinajstić information content (AvgIpc) is 3.25. The Morgan fingerprint density at radius 3 is 2.55 bits per heavy atom. The number of rotatable bonds is 5. The zero-order valence-electron chi connectivity index (χ0n) is 22.0. The lowest BCUT2D eigenvalue weighted by atomic mass is 9.91. The zero-order chi connectivity index (χ0) is 26.4. The molecule has 196 valence electrons. The Hall–Kier alpha value is -4.05. The van der Waals surface area contributed by atoms with Gasteiger partial charge in [0.05, 0.1) is 37.0 Å². The molecule has 0 radical (unpaired) electrons. The van der Waals surface area contributed by atoms with Crippen molar-refractivity contribution < 1.29 is 14.3 Å². The second-order valence-electron chi connectivity index (χ2n) is 10.2. The normalized spacial score (nSPS) is 20.9. The van der Waals surface area contributed by atoms with Gasteiger partial charge in [0.2, 0.25) is 5.91 Å². The van der Waals surface area contributed by atoms with Gasteiger partial charge in [0, 0.05) is 55.0 Å². The fraction of sp³-hybridized carbons (Fsp3) is 0.393. The average molecular weight is 514 g/mol. The number of fused-ring (bicyclic) bond motifs is 3. The summed E-state index contributed by atoms with van der Waals surface area (Å²) in [4.78, 5) is 27.5. The van der Waals surface area contributed by atoms with E-state index in [1.54, 1.807) is 6.92 Å². The Kier molecular flexibility index (Phi) is 6.19. The molecule has 2 saturated heterocycles. The third kappa shape index (κ3) is 4.79. The van der Waals surface area contributed by atoms with Crippen molar-refractivity contribution in [2.24, 2.45) is 0 Å². The largest absolute Gasteiger partial charge is 0.488 e. The van der Waals surface area contributed by atoms with Crippen LogP contribution >= 0.6 is 0 Å². The molecule has 4 aromatic rings. The number of nitrogens with one attached hydrogen (secondary N) is 1. The van der Waals surface area contributed by atoms with Crippen LogP contribution in [0.2, 0.25) is 0 Å². The Balaban J connectivity index is 1.27. The van der Waals surface area contributed by atoms with Crippen LogP contribution in [0.5, 0.6) is 5.75 Å². The van der Waals surface area contributed by atoms with Gasteiger partial charge < -0.3 is 19.7 Å². The van der Waals surface area contributed by atoms with Crippen LogP contribution in [-0.4, -0.2) is 66.8 Å². The molecule has 6 heterocycles. The van der Waals surface area contributed by atoms with Crippen molar-refractivity contribution >= 4 is 23.1 Å². The van der Waals surface area contributed by atoms with Gasteiger partial charge in [-0.05, 0) is 44.5 Å². The van der Waals surface area contributed by atoms with Crippen LogP contribution in [0, 0.1) is 20.8 Å². The summed E-state index contributed by atoms with van der Waals surface area (Å²) in [6.45, 7) is 8.54. The number of anilines is 2. The molecule has 1 N–H and O–H groups in total. The maximum atomic E-state index is 12.2. The number of aryl methyl sites for hydroxylation is 3. The molecule has 0 spiro atoms. The van der Waals surface area contributed by atoms with E-state index < -0.39 is 0 Å². The standard InChI is InChI=1S/C28H31N7O3/c1-16-7-25(26(13-29-16)38-24-10-22-14-37-15-23(11-24)35(22)19(4)36)20-5-6-34-21(9-20)12-28(33-34)32-27-8-17(2)30-18(3)31-27/h5-9,12-13,22-24H,10-11,14-15H2,1-4H3,(H,30,31,32,33)/t22-,23+,24-. The smallest absolute Gasteiger partial charge is 0.220 e. The fourth-order valence-corrected chi connectivity index (χ4v) is 5.66. The third-order valence-electron chi connectivity index (χ3n) is 7.14. The van der Waals surface area contributed by atoms with Gasteiger partial charge in [0.1, 0.15) is 23.5 Å². The molecule has 1 amide bonds. The van der Waals surface area contributed by atoms with Crippen LogP contribution in [-0.2, 0) is 9.53 Å². The van der Waals surface area contributed by atoms with E-state index in [9.17, 15) is 4.79 Å². The summed E-state index contributed by atoms with van der Waals surface area (Å²) >= 11 is 0. The molecule has 0 saturated carbocycles. The van der Waals surface area contributed by atoms with Crippen molar-refractivity contribution in [2.45, 2.75) is 58.7 Å². The third-order valence-corrected chi connectivity index (χ3v) is 7.14.